The molecule has 2 fully saturated rings. The Labute approximate surface area is 187 Å². The minimum Gasteiger partial charge on any atom is -0.489 e. The molecule has 2 saturated carbocycles. The van der Waals surface area contributed by atoms with E-state index in [1.807, 2.05) is 12.1 Å². The van der Waals surface area contributed by atoms with Gasteiger partial charge in [-0.15, -0.1) is 0 Å². The lowest BCUT2D eigenvalue weighted by Crippen LogP contribution is -2.41. The molecule has 1 heterocycles. The van der Waals surface area contributed by atoms with Gasteiger partial charge in [-0.25, -0.2) is 0 Å². The number of nitrogens with one attached hydrogen (secondary N) is 1. The summed E-state index contributed by atoms with van der Waals surface area (Å²) in [5.74, 6) is 1.49. The van der Waals surface area contributed by atoms with Gasteiger partial charge in [0, 0.05) is 17.6 Å². The van der Waals surface area contributed by atoms with Crippen LogP contribution in [0.2, 0.25) is 5.02 Å². The molecule has 1 aromatic heterocycles. The van der Waals surface area contributed by atoms with Crippen LogP contribution in [0, 0.1) is 11.3 Å². The molecule has 2 aliphatic carbocycles. The van der Waals surface area contributed by atoms with Crippen LogP contribution in [0.5, 0.6) is 5.75 Å². The first kappa shape index (κ1) is 20.6. The van der Waals surface area contributed by atoms with Crippen LogP contribution >= 0.6 is 11.6 Å². The summed E-state index contributed by atoms with van der Waals surface area (Å²) in [4.78, 5) is 14.7. The zero-order chi connectivity index (χ0) is 21.4. The van der Waals surface area contributed by atoms with Gasteiger partial charge in [0.1, 0.15) is 5.75 Å². The first-order valence-electron chi connectivity index (χ1n) is 11.3. The second-order valence-electron chi connectivity index (χ2n) is 9.39. The predicted molar refractivity (Wildman–Crippen MR) is 126 cm³/mol. The van der Waals surface area contributed by atoms with Crippen molar-refractivity contribution in [3.63, 3.8) is 0 Å². The molecule has 0 amide bonds. The first-order chi connectivity index (χ1) is 15.0. The van der Waals surface area contributed by atoms with Gasteiger partial charge in [0.2, 0.25) is 0 Å². The quantitative estimate of drug-likeness (QED) is 0.498. The fourth-order valence-electron chi connectivity index (χ4n) is 5.30. The largest absolute Gasteiger partial charge is 0.489 e. The van der Waals surface area contributed by atoms with Gasteiger partial charge >= 0.3 is 0 Å². The molecule has 0 radical (unpaired) electrons. The van der Waals surface area contributed by atoms with E-state index in [0.717, 1.165) is 37.0 Å². The lowest BCUT2D eigenvalue weighted by molar-refractivity contribution is 0.0499. The van der Waals surface area contributed by atoms with Crippen molar-refractivity contribution in [3.05, 3.63) is 75.7 Å². The molecular formula is C26H29ClN2O2. The summed E-state index contributed by atoms with van der Waals surface area (Å²) < 4.78 is 6.35. The molecule has 0 aliphatic heterocycles. The van der Waals surface area contributed by atoms with Crippen molar-refractivity contribution in [3.8, 4) is 5.75 Å². The third kappa shape index (κ3) is 4.24. The number of rotatable bonds is 6. The predicted octanol–water partition coefficient (Wildman–Crippen LogP) is 5.99. The number of H-pyrrole nitrogens is 1. The molecular weight excluding hydrogens is 408 g/mol. The lowest BCUT2D eigenvalue weighted by atomic mass is 9.64. The Morgan fingerprint density at radius 2 is 1.84 bits per heavy atom. The highest BCUT2D eigenvalue weighted by Crippen LogP contribution is 2.53. The van der Waals surface area contributed by atoms with E-state index >= 15 is 0 Å². The number of fused-ring (bicyclic) bond motifs is 1. The average molecular weight is 437 g/mol. The number of ether oxygens (including phenoxy) is 1. The van der Waals surface area contributed by atoms with Gasteiger partial charge in [-0.2, -0.15) is 0 Å². The third-order valence-corrected chi connectivity index (χ3v) is 7.55. The summed E-state index contributed by atoms with van der Waals surface area (Å²) >= 11 is 6.46. The Bertz CT molecular complexity index is 1120. The maximum absolute atomic E-state index is 12.0. The number of nitrogens with two attached hydrogens (primary N) is 1. The highest BCUT2D eigenvalue weighted by molar-refractivity contribution is 6.32. The van der Waals surface area contributed by atoms with Crippen LogP contribution in [0.25, 0.3) is 10.8 Å². The molecule has 1 atom stereocenters. The van der Waals surface area contributed by atoms with E-state index in [1.54, 1.807) is 12.3 Å². The van der Waals surface area contributed by atoms with E-state index in [-0.39, 0.29) is 23.1 Å². The number of aromatic nitrogens is 1. The van der Waals surface area contributed by atoms with Crippen LogP contribution in [-0.2, 0) is 0 Å². The Balaban J connectivity index is 1.33. The normalized spacial score (nSPS) is 24.8. The second-order valence-corrected chi connectivity index (χ2v) is 9.80. The van der Waals surface area contributed by atoms with Crippen LogP contribution in [0.1, 0.15) is 56.6 Å². The summed E-state index contributed by atoms with van der Waals surface area (Å²) in [5.41, 5.74) is 8.13. The third-order valence-electron chi connectivity index (χ3n) is 7.26. The van der Waals surface area contributed by atoms with E-state index in [0.29, 0.717) is 16.2 Å². The fraction of sp³-hybridized carbons (Fsp3) is 0.423. The molecule has 2 aliphatic rings. The molecule has 0 saturated heterocycles. The van der Waals surface area contributed by atoms with Crippen molar-refractivity contribution in [2.24, 2.45) is 17.1 Å². The van der Waals surface area contributed by atoms with Crippen LogP contribution in [-0.4, -0.2) is 11.1 Å². The number of pyridine rings is 1. The minimum absolute atomic E-state index is 0.0613. The van der Waals surface area contributed by atoms with E-state index in [9.17, 15) is 4.79 Å². The van der Waals surface area contributed by atoms with Crippen LogP contribution < -0.4 is 16.0 Å². The van der Waals surface area contributed by atoms with Gasteiger partial charge in [0.05, 0.1) is 11.1 Å². The van der Waals surface area contributed by atoms with Crippen molar-refractivity contribution < 1.29 is 4.74 Å². The van der Waals surface area contributed by atoms with Crippen molar-refractivity contribution in [2.45, 2.75) is 57.1 Å². The second kappa shape index (κ2) is 8.33. The first-order valence-corrected chi connectivity index (χ1v) is 11.7. The molecule has 5 rings (SSSR count). The zero-order valence-corrected chi connectivity index (χ0v) is 18.4. The summed E-state index contributed by atoms with van der Waals surface area (Å²) in [6.45, 7) is 0. The van der Waals surface area contributed by atoms with Gasteiger partial charge in [0.15, 0.2) is 0 Å². The monoisotopic (exact) mass is 436 g/mol. The molecule has 3 aromatic rings. The average Bonchev–Trinajstić information content (AvgIpc) is 3.60. The SMILES string of the molecule is NC(c1ccccc1)C1(CC2CC2)CCC(Oc2cc3cc[nH]c(=O)c3cc2Cl)CC1. The van der Waals surface area contributed by atoms with Gasteiger partial charge in [-0.05, 0) is 72.6 Å². The van der Waals surface area contributed by atoms with Crippen molar-refractivity contribution in [2.75, 3.05) is 0 Å². The summed E-state index contributed by atoms with van der Waals surface area (Å²) in [6, 6.07) is 16.1. The van der Waals surface area contributed by atoms with Crippen molar-refractivity contribution in [1.29, 1.82) is 0 Å². The zero-order valence-electron chi connectivity index (χ0n) is 17.6. The molecule has 162 valence electrons. The summed E-state index contributed by atoms with van der Waals surface area (Å²) in [5, 5.41) is 1.91. The van der Waals surface area contributed by atoms with Crippen molar-refractivity contribution in [1.82, 2.24) is 4.98 Å². The Morgan fingerprint density at radius 1 is 1.10 bits per heavy atom. The molecule has 0 bridgehead atoms. The number of hydrogen-bond donors (Lipinski definition) is 2. The Hall–Kier alpha value is -2.30. The van der Waals surface area contributed by atoms with Crippen LogP contribution in [0.3, 0.4) is 0 Å². The molecule has 2 aromatic carbocycles. The number of halogens is 1. The number of hydrogen-bond acceptors (Lipinski definition) is 3. The van der Waals surface area contributed by atoms with Gasteiger partial charge in [-0.1, -0.05) is 54.8 Å². The lowest BCUT2D eigenvalue weighted by Gasteiger charge is -2.45. The van der Waals surface area contributed by atoms with Gasteiger partial charge < -0.3 is 15.5 Å². The van der Waals surface area contributed by atoms with Crippen molar-refractivity contribution >= 4 is 22.4 Å². The maximum atomic E-state index is 12.0. The van der Waals surface area contributed by atoms with Crippen LogP contribution in [0.15, 0.2) is 59.5 Å². The van der Waals surface area contributed by atoms with Crippen LogP contribution in [0.4, 0.5) is 0 Å². The standard InChI is InChI=1S/C26H29ClN2O2/c27-22-15-21-19(10-13-29-25(21)30)14-23(22)31-20-8-11-26(12-9-20,16-17-6-7-17)24(28)18-4-2-1-3-5-18/h1-5,10,13-15,17,20,24H,6-9,11-12,16,28H2,(H,29,30). The molecule has 0 spiro atoms. The Morgan fingerprint density at radius 3 is 2.55 bits per heavy atom. The number of aromatic amines is 1. The minimum atomic E-state index is -0.136. The van der Waals surface area contributed by atoms with E-state index < -0.39 is 0 Å². The molecule has 1 unspecified atom stereocenters. The fourth-order valence-corrected chi connectivity index (χ4v) is 5.50. The van der Waals surface area contributed by atoms with E-state index in [4.69, 9.17) is 22.1 Å². The highest BCUT2D eigenvalue weighted by atomic mass is 35.5. The summed E-state index contributed by atoms with van der Waals surface area (Å²) in [7, 11) is 0. The Kier molecular flexibility index (Phi) is 5.53. The maximum Gasteiger partial charge on any atom is 0.255 e. The van der Waals surface area contributed by atoms with Gasteiger partial charge in [0.25, 0.3) is 5.56 Å². The number of benzene rings is 2. The smallest absolute Gasteiger partial charge is 0.255 e. The molecule has 4 nitrogen and oxygen atoms in total. The van der Waals surface area contributed by atoms with Gasteiger partial charge in [-0.3, -0.25) is 4.79 Å². The van der Waals surface area contributed by atoms with E-state index in [2.05, 4.69) is 35.3 Å². The summed E-state index contributed by atoms with van der Waals surface area (Å²) in [6.07, 6.45) is 9.74. The molecule has 3 N–H and O–H groups in total. The molecule has 5 heteroatoms. The highest BCUT2D eigenvalue weighted by Gasteiger charge is 2.44. The van der Waals surface area contributed by atoms with E-state index in [1.165, 1.54) is 24.8 Å². The molecule has 31 heavy (non-hydrogen) atoms. The topological polar surface area (TPSA) is 68.1 Å².